The van der Waals surface area contributed by atoms with E-state index in [9.17, 15) is 15.0 Å². The lowest BCUT2D eigenvalue weighted by Gasteiger charge is -2.35. The van der Waals surface area contributed by atoms with E-state index in [1.807, 2.05) is 24.3 Å². The number of ether oxygens (including phenoxy) is 1. The van der Waals surface area contributed by atoms with Crippen LogP contribution in [0.25, 0.3) is 11.1 Å². The molecule has 0 spiro atoms. The van der Waals surface area contributed by atoms with Crippen LogP contribution in [0.3, 0.4) is 0 Å². The maximum atomic E-state index is 11.7. The highest BCUT2D eigenvalue weighted by molar-refractivity contribution is 5.74. The number of phenolic OH excluding ortho intramolecular Hbond substituents is 2. The molecule has 1 saturated carbocycles. The van der Waals surface area contributed by atoms with Crippen molar-refractivity contribution in [2.24, 2.45) is 0 Å². The first-order valence-electron chi connectivity index (χ1n) is 11.2. The van der Waals surface area contributed by atoms with Crippen molar-refractivity contribution in [2.45, 2.75) is 52.0 Å². The van der Waals surface area contributed by atoms with Crippen LogP contribution in [0.1, 0.15) is 57.1 Å². The summed E-state index contributed by atoms with van der Waals surface area (Å²) in [5, 5.41) is 19.4. The molecule has 5 heteroatoms. The number of esters is 1. The molecule has 2 aromatic carbocycles. The fourth-order valence-corrected chi connectivity index (χ4v) is 4.10. The summed E-state index contributed by atoms with van der Waals surface area (Å²) in [5.74, 6) is 0.305. The smallest absolute Gasteiger partial charge is 0.305 e. The minimum Gasteiger partial charge on any atom is -0.508 e. The SMILES string of the molecule is COC(=O)CCCN(/C=C(\C)c1ccc(O)cc1)C(C)C(=C1CCC1)c1ccc(O)cc1. The molecule has 1 aliphatic carbocycles. The summed E-state index contributed by atoms with van der Waals surface area (Å²) in [4.78, 5) is 14.0. The number of hydrogen-bond acceptors (Lipinski definition) is 5. The number of aromatic hydroxyl groups is 2. The molecule has 0 aromatic heterocycles. The zero-order chi connectivity index (χ0) is 23.1. The summed E-state index contributed by atoms with van der Waals surface area (Å²) in [6, 6.07) is 14.7. The van der Waals surface area contributed by atoms with E-state index < -0.39 is 0 Å². The molecule has 2 aromatic rings. The Morgan fingerprint density at radius 2 is 1.59 bits per heavy atom. The number of phenols is 2. The summed E-state index contributed by atoms with van der Waals surface area (Å²) in [6.45, 7) is 4.97. The van der Waals surface area contributed by atoms with Crippen molar-refractivity contribution in [3.63, 3.8) is 0 Å². The average Bonchev–Trinajstić information content (AvgIpc) is 2.76. The van der Waals surface area contributed by atoms with E-state index in [4.69, 9.17) is 4.74 Å². The molecule has 2 N–H and O–H groups in total. The van der Waals surface area contributed by atoms with Gasteiger partial charge in [0.15, 0.2) is 0 Å². The van der Waals surface area contributed by atoms with Crippen LogP contribution in [-0.2, 0) is 9.53 Å². The van der Waals surface area contributed by atoms with Crippen LogP contribution in [0.5, 0.6) is 11.5 Å². The third kappa shape index (κ3) is 5.94. The molecule has 0 amide bonds. The minimum absolute atomic E-state index is 0.0968. The summed E-state index contributed by atoms with van der Waals surface area (Å²) >= 11 is 0. The molecule has 0 aliphatic heterocycles. The first-order chi connectivity index (χ1) is 15.4. The zero-order valence-corrected chi connectivity index (χ0v) is 19.2. The molecular formula is C27H33NO4. The highest BCUT2D eigenvalue weighted by atomic mass is 16.5. The summed E-state index contributed by atoms with van der Waals surface area (Å²) in [7, 11) is 1.42. The second-order valence-corrected chi connectivity index (χ2v) is 8.37. The van der Waals surface area contributed by atoms with Gasteiger partial charge in [-0.1, -0.05) is 29.8 Å². The highest BCUT2D eigenvalue weighted by Gasteiger charge is 2.24. The van der Waals surface area contributed by atoms with Crippen LogP contribution in [0.4, 0.5) is 0 Å². The van der Waals surface area contributed by atoms with Gasteiger partial charge in [0.05, 0.1) is 13.2 Å². The van der Waals surface area contributed by atoms with E-state index in [2.05, 4.69) is 24.9 Å². The Bertz CT molecular complexity index is 968. The van der Waals surface area contributed by atoms with Gasteiger partial charge in [0.25, 0.3) is 0 Å². The van der Waals surface area contributed by atoms with Crippen molar-refractivity contribution >= 4 is 17.1 Å². The van der Waals surface area contributed by atoms with Crippen LogP contribution in [-0.4, -0.2) is 40.8 Å². The first-order valence-corrected chi connectivity index (χ1v) is 11.2. The number of allylic oxidation sites excluding steroid dienone is 2. The number of benzene rings is 2. The standard InChI is InChI=1S/C27H33NO4/c1-19(21-9-13-24(29)14-10-21)18-28(17-5-8-26(31)32-3)20(2)27(22-6-4-7-22)23-11-15-25(30)16-12-23/h9-16,18,20,29-30H,4-8,17H2,1-3H3/b19-18+. The maximum absolute atomic E-state index is 11.7. The normalized spacial score (nSPS) is 14.5. The predicted octanol–water partition coefficient (Wildman–Crippen LogP) is 5.74. The Kier molecular flexibility index (Phi) is 7.98. The number of hydrogen-bond donors (Lipinski definition) is 2. The Morgan fingerprint density at radius 3 is 2.09 bits per heavy atom. The number of carbonyl (C=O) groups excluding carboxylic acids is 1. The Morgan fingerprint density at radius 1 is 1.03 bits per heavy atom. The first kappa shape index (κ1) is 23.5. The van der Waals surface area contributed by atoms with E-state index in [1.165, 1.54) is 24.7 Å². The van der Waals surface area contributed by atoms with Crippen molar-refractivity contribution < 1.29 is 19.7 Å². The molecule has 5 nitrogen and oxygen atoms in total. The topological polar surface area (TPSA) is 70.0 Å². The second kappa shape index (κ2) is 10.9. The van der Waals surface area contributed by atoms with Crippen molar-refractivity contribution in [1.29, 1.82) is 0 Å². The van der Waals surface area contributed by atoms with Gasteiger partial charge >= 0.3 is 5.97 Å². The lowest BCUT2D eigenvalue weighted by molar-refractivity contribution is -0.140. The number of nitrogens with zero attached hydrogens (tertiary/aromatic N) is 1. The average molecular weight is 436 g/mol. The van der Waals surface area contributed by atoms with Crippen molar-refractivity contribution in [3.05, 3.63) is 71.4 Å². The molecule has 1 atom stereocenters. The number of rotatable bonds is 9. The fourth-order valence-electron chi connectivity index (χ4n) is 4.10. The summed E-state index contributed by atoms with van der Waals surface area (Å²) in [5.41, 5.74) is 5.99. The van der Waals surface area contributed by atoms with E-state index in [0.717, 1.165) is 29.5 Å². The Labute approximate surface area is 190 Å². The largest absolute Gasteiger partial charge is 0.508 e. The van der Waals surface area contributed by atoms with Gasteiger partial charge in [0, 0.05) is 19.2 Å². The van der Waals surface area contributed by atoms with Gasteiger partial charge in [-0.15, -0.1) is 0 Å². The molecule has 32 heavy (non-hydrogen) atoms. The number of methoxy groups -OCH3 is 1. The minimum atomic E-state index is -0.201. The quantitative estimate of drug-likeness (QED) is 0.492. The van der Waals surface area contributed by atoms with Gasteiger partial charge < -0.3 is 19.8 Å². The van der Waals surface area contributed by atoms with Crippen LogP contribution in [0.2, 0.25) is 0 Å². The molecule has 1 aliphatic rings. The van der Waals surface area contributed by atoms with Crippen LogP contribution in [0.15, 0.2) is 60.3 Å². The van der Waals surface area contributed by atoms with Crippen LogP contribution >= 0.6 is 0 Å². The summed E-state index contributed by atoms with van der Waals surface area (Å²) < 4.78 is 4.82. The third-order valence-electron chi connectivity index (χ3n) is 6.14. The lowest BCUT2D eigenvalue weighted by Crippen LogP contribution is -2.32. The maximum Gasteiger partial charge on any atom is 0.305 e. The van der Waals surface area contributed by atoms with E-state index in [0.29, 0.717) is 19.4 Å². The molecule has 170 valence electrons. The van der Waals surface area contributed by atoms with E-state index in [1.54, 1.807) is 24.3 Å². The van der Waals surface area contributed by atoms with Crippen LogP contribution in [0, 0.1) is 0 Å². The van der Waals surface area contributed by atoms with Gasteiger partial charge in [-0.05, 0) is 86.1 Å². The molecule has 3 rings (SSSR count). The molecule has 0 heterocycles. The monoisotopic (exact) mass is 435 g/mol. The number of carbonyl (C=O) groups is 1. The molecule has 0 bridgehead atoms. The second-order valence-electron chi connectivity index (χ2n) is 8.37. The molecule has 1 unspecified atom stereocenters. The summed E-state index contributed by atoms with van der Waals surface area (Å²) in [6.07, 6.45) is 6.60. The van der Waals surface area contributed by atoms with Gasteiger partial charge in [-0.3, -0.25) is 4.79 Å². The molecule has 1 fully saturated rings. The van der Waals surface area contributed by atoms with Gasteiger partial charge in [-0.2, -0.15) is 0 Å². The van der Waals surface area contributed by atoms with Gasteiger partial charge in [0.1, 0.15) is 11.5 Å². The van der Waals surface area contributed by atoms with Gasteiger partial charge in [0.2, 0.25) is 0 Å². The molecule has 0 radical (unpaired) electrons. The third-order valence-corrected chi connectivity index (χ3v) is 6.14. The van der Waals surface area contributed by atoms with Gasteiger partial charge in [-0.25, -0.2) is 0 Å². The predicted molar refractivity (Wildman–Crippen MR) is 128 cm³/mol. The Balaban J connectivity index is 1.92. The fraction of sp³-hybridized carbons (Fsp3) is 0.370. The van der Waals surface area contributed by atoms with Crippen molar-refractivity contribution in [1.82, 2.24) is 4.90 Å². The van der Waals surface area contributed by atoms with Crippen molar-refractivity contribution in [2.75, 3.05) is 13.7 Å². The van der Waals surface area contributed by atoms with Crippen molar-refractivity contribution in [3.8, 4) is 11.5 Å². The van der Waals surface area contributed by atoms with Crippen LogP contribution < -0.4 is 0 Å². The van der Waals surface area contributed by atoms with E-state index >= 15 is 0 Å². The Hall–Kier alpha value is -3.21. The highest BCUT2D eigenvalue weighted by Crippen LogP contribution is 2.38. The van der Waals surface area contributed by atoms with E-state index in [-0.39, 0.29) is 23.5 Å². The zero-order valence-electron chi connectivity index (χ0n) is 19.2. The molecule has 0 saturated heterocycles. The lowest BCUT2D eigenvalue weighted by atomic mass is 9.82. The molecular weight excluding hydrogens is 402 g/mol.